The number of ether oxygens (including phenoxy) is 1. The van der Waals surface area contributed by atoms with Crippen molar-refractivity contribution in [1.82, 2.24) is 4.90 Å². The Balaban J connectivity index is 1.76. The second kappa shape index (κ2) is 4.42. The van der Waals surface area contributed by atoms with Crippen LogP contribution in [0, 0.1) is 17.2 Å². The van der Waals surface area contributed by atoms with Gasteiger partial charge in [0.25, 0.3) is 0 Å². The van der Waals surface area contributed by atoms with Gasteiger partial charge in [-0.25, -0.2) is 0 Å². The van der Waals surface area contributed by atoms with E-state index in [9.17, 15) is 4.79 Å². The molecule has 4 heteroatoms. The minimum atomic E-state index is -0.542. The number of hydrogen-bond acceptors (Lipinski definition) is 3. The van der Waals surface area contributed by atoms with E-state index in [-0.39, 0.29) is 12.5 Å². The van der Waals surface area contributed by atoms with Crippen molar-refractivity contribution in [3.63, 3.8) is 0 Å². The van der Waals surface area contributed by atoms with Gasteiger partial charge in [-0.15, -0.1) is 0 Å². The van der Waals surface area contributed by atoms with Crippen LogP contribution in [0.25, 0.3) is 0 Å². The third-order valence-corrected chi connectivity index (χ3v) is 3.68. The molecular weight excluding hydrogens is 204 g/mol. The van der Waals surface area contributed by atoms with Crippen LogP contribution < -0.4 is 0 Å². The first-order chi connectivity index (χ1) is 7.68. The zero-order valence-corrected chi connectivity index (χ0v) is 9.74. The number of likely N-dealkylation sites (N-methyl/N-ethyl adjacent to an activating group) is 1. The summed E-state index contributed by atoms with van der Waals surface area (Å²) in [5.74, 6) is 0.605. The standard InChI is InChI=1S/C12H18N2O2/c1-14(12(9-13)5-2-6-12)11(15)8-16-7-10-3-4-10/h10H,2-8H2,1H3. The van der Waals surface area contributed by atoms with Gasteiger partial charge >= 0.3 is 0 Å². The molecule has 1 amide bonds. The molecule has 2 aliphatic carbocycles. The Morgan fingerprint density at radius 2 is 2.25 bits per heavy atom. The lowest BCUT2D eigenvalue weighted by molar-refractivity contribution is -0.141. The number of nitriles is 1. The molecule has 0 N–H and O–H groups in total. The van der Waals surface area contributed by atoms with E-state index in [1.807, 2.05) is 0 Å². The number of carbonyl (C=O) groups is 1. The van der Waals surface area contributed by atoms with Crippen LogP contribution in [0.15, 0.2) is 0 Å². The lowest BCUT2D eigenvalue weighted by Gasteiger charge is -2.42. The Kier molecular flexibility index (Phi) is 3.15. The van der Waals surface area contributed by atoms with Gasteiger partial charge in [0.1, 0.15) is 12.1 Å². The van der Waals surface area contributed by atoms with Gasteiger partial charge in [-0.3, -0.25) is 4.79 Å². The number of carbonyl (C=O) groups excluding carboxylic acids is 1. The highest BCUT2D eigenvalue weighted by Crippen LogP contribution is 2.36. The van der Waals surface area contributed by atoms with E-state index in [0.29, 0.717) is 12.5 Å². The van der Waals surface area contributed by atoms with Crippen molar-refractivity contribution < 1.29 is 9.53 Å². The van der Waals surface area contributed by atoms with Crippen molar-refractivity contribution >= 4 is 5.91 Å². The van der Waals surface area contributed by atoms with Crippen molar-refractivity contribution in [2.45, 2.75) is 37.6 Å². The lowest BCUT2D eigenvalue weighted by atomic mass is 9.77. The first-order valence-corrected chi connectivity index (χ1v) is 5.93. The highest BCUT2D eigenvalue weighted by molar-refractivity contribution is 5.78. The van der Waals surface area contributed by atoms with E-state index in [1.165, 1.54) is 12.8 Å². The summed E-state index contributed by atoms with van der Waals surface area (Å²) in [6.07, 6.45) is 5.09. The number of nitrogens with zero attached hydrogens (tertiary/aromatic N) is 2. The second-order valence-electron chi connectivity index (χ2n) is 4.91. The Hall–Kier alpha value is -1.08. The Morgan fingerprint density at radius 3 is 2.69 bits per heavy atom. The van der Waals surface area contributed by atoms with E-state index >= 15 is 0 Å². The summed E-state index contributed by atoms with van der Waals surface area (Å²) < 4.78 is 5.35. The maximum Gasteiger partial charge on any atom is 0.249 e. The zero-order chi connectivity index (χ0) is 11.6. The highest BCUT2D eigenvalue weighted by atomic mass is 16.5. The van der Waals surface area contributed by atoms with Crippen molar-refractivity contribution in [3.8, 4) is 6.07 Å². The molecule has 0 aliphatic heterocycles. The predicted octanol–water partition coefficient (Wildman–Crippen LogP) is 1.32. The molecule has 2 rings (SSSR count). The fourth-order valence-corrected chi connectivity index (χ4v) is 1.97. The topological polar surface area (TPSA) is 53.3 Å². The van der Waals surface area contributed by atoms with Crippen LogP contribution in [0.3, 0.4) is 0 Å². The maximum atomic E-state index is 11.8. The van der Waals surface area contributed by atoms with E-state index in [0.717, 1.165) is 19.3 Å². The Bertz CT molecular complexity index is 313. The molecule has 0 saturated heterocycles. The van der Waals surface area contributed by atoms with Crippen molar-refractivity contribution in [3.05, 3.63) is 0 Å². The van der Waals surface area contributed by atoms with E-state index in [4.69, 9.17) is 10.00 Å². The SMILES string of the molecule is CN(C(=O)COCC1CC1)C1(C#N)CCC1. The number of hydrogen-bond donors (Lipinski definition) is 0. The first kappa shape index (κ1) is 11.4. The van der Waals surface area contributed by atoms with Gasteiger partial charge in [0.15, 0.2) is 0 Å². The zero-order valence-electron chi connectivity index (χ0n) is 9.74. The molecule has 4 nitrogen and oxygen atoms in total. The molecule has 0 aromatic heterocycles. The summed E-state index contributed by atoms with van der Waals surface area (Å²) in [6, 6.07) is 2.26. The van der Waals surface area contributed by atoms with Gasteiger partial charge < -0.3 is 9.64 Å². The van der Waals surface area contributed by atoms with Crippen LogP contribution in [-0.4, -0.2) is 36.6 Å². The first-order valence-electron chi connectivity index (χ1n) is 5.93. The third-order valence-electron chi connectivity index (χ3n) is 3.68. The van der Waals surface area contributed by atoms with Gasteiger partial charge in [-0.05, 0) is 38.0 Å². The van der Waals surface area contributed by atoms with Crippen LogP contribution in [0.1, 0.15) is 32.1 Å². The molecule has 16 heavy (non-hydrogen) atoms. The highest BCUT2D eigenvalue weighted by Gasteiger charge is 2.43. The van der Waals surface area contributed by atoms with Crippen molar-refractivity contribution in [2.24, 2.45) is 5.92 Å². The number of rotatable bonds is 5. The summed E-state index contributed by atoms with van der Waals surface area (Å²) in [4.78, 5) is 13.4. The molecule has 88 valence electrons. The van der Waals surface area contributed by atoms with Crippen LogP contribution in [0.2, 0.25) is 0 Å². The maximum absolute atomic E-state index is 11.8. The summed E-state index contributed by atoms with van der Waals surface area (Å²) in [7, 11) is 1.71. The predicted molar refractivity (Wildman–Crippen MR) is 58.5 cm³/mol. The normalized spacial score (nSPS) is 22.0. The van der Waals surface area contributed by atoms with E-state index in [1.54, 1.807) is 11.9 Å². The fourth-order valence-electron chi connectivity index (χ4n) is 1.97. The lowest BCUT2D eigenvalue weighted by Crippen LogP contribution is -2.54. The van der Waals surface area contributed by atoms with Gasteiger partial charge in [0.2, 0.25) is 5.91 Å². The molecule has 0 heterocycles. The largest absolute Gasteiger partial charge is 0.371 e. The Labute approximate surface area is 96.2 Å². The average Bonchev–Trinajstić information content (AvgIpc) is 3.00. The van der Waals surface area contributed by atoms with Crippen LogP contribution in [0.4, 0.5) is 0 Å². The molecule has 2 aliphatic rings. The third kappa shape index (κ3) is 2.19. The molecule has 0 aromatic rings. The van der Waals surface area contributed by atoms with Gasteiger partial charge in [0, 0.05) is 7.05 Å². The molecule has 2 fully saturated rings. The minimum absolute atomic E-state index is 0.0677. The van der Waals surface area contributed by atoms with Crippen LogP contribution >= 0.6 is 0 Å². The summed E-state index contributed by atoms with van der Waals surface area (Å²) in [5.41, 5.74) is -0.542. The Morgan fingerprint density at radius 1 is 1.56 bits per heavy atom. The summed E-state index contributed by atoms with van der Waals surface area (Å²) >= 11 is 0. The fraction of sp³-hybridized carbons (Fsp3) is 0.833. The summed E-state index contributed by atoms with van der Waals surface area (Å²) in [6.45, 7) is 0.815. The van der Waals surface area contributed by atoms with Gasteiger partial charge in [0.05, 0.1) is 12.7 Å². The van der Waals surface area contributed by atoms with Crippen molar-refractivity contribution in [2.75, 3.05) is 20.3 Å². The van der Waals surface area contributed by atoms with Gasteiger partial charge in [-0.1, -0.05) is 0 Å². The molecule has 0 aromatic carbocycles. The van der Waals surface area contributed by atoms with Crippen molar-refractivity contribution in [1.29, 1.82) is 5.26 Å². The molecule has 0 radical (unpaired) electrons. The van der Waals surface area contributed by atoms with Crippen LogP contribution in [-0.2, 0) is 9.53 Å². The molecule has 0 unspecified atom stereocenters. The second-order valence-corrected chi connectivity index (χ2v) is 4.91. The van der Waals surface area contributed by atoms with E-state index in [2.05, 4.69) is 6.07 Å². The average molecular weight is 222 g/mol. The molecule has 0 spiro atoms. The smallest absolute Gasteiger partial charge is 0.249 e. The molecule has 2 saturated carbocycles. The van der Waals surface area contributed by atoms with E-state index < -0.39 is 5.54 Å². The molecule has 0 atom stereocenters. The van der Waals surface area contributed by atoms with Crippen LogP contribution in [0.5, 0.6) is 0 Å². The van der Waals surface area contributed by atoms with Gasteiger partial charge in [-0.2, -0.15) is 5.26 Å². The summed E-state index contributed by atoms with van der Waals surface area (Å²) in [5, 5.41) is 9.09. The minimum Gasteiger partial charge on any atom is -0.371 e. The quantitative estimate of drug-likeness (QED) is 0.705. The molecular formula is C12H18N2O2. The molecule has 0 bridgehead atoms. The number of amides is 1. The monoisotopic (exact) mass is 222 g/mol.